The Labute approximate surface area is 172 Å². The Bertz CT molecular complexity index is 895. The van der Waals surface area contributed by atoms with Crippen LogP contribution < -0.4 is 5.32 Å². The van der Waals surface area contributed by atoms with Crippen LogP contribution in [0.4, 0.5) is 4.39 Å². The van der Waals surface area contributed by atoms with Crippen molar-refractivity contribution in [2.24, 2.45) is 0 Å². The van der Waals surface area contributed by atoms with Gasteiger partial charge >= 0.3 is 0 Å². The number of hydrogen-bond donors (Lipinski definition) is 1. The minimum Gasteiger partial charge on any atom is -0.378 e. The maximum atomic E-state index is 13.4. The predicted octanol–water partition coefficient (Wildman–Crippen LogP) is 7.62. The zero-order chi connectivity index (χ0) is 21.1. The zero-order valence-corrected chi connectivity index (χ0v) is 17.9. The van der Waals surface area contributed by atoms with Crippen LogP contribution in [0.15, 0.2) is 86.5 Å². The van der Waals surface area contributed by atoms with Crippen molar-refractivity contribution in [3.05, 3.63) is 103 Å². The Morgan fingerprint density at radius 3 is 2.29 bits per heavy atom. The lowest BCUT2D eigenvalue weighted by Crippen LogP contribution is -2.30. The average Bonchev–Trinajstić information content (AvgIpc) is 3.14. The van der Waals surface area contributed by atoms with E-state index in [1.807, 2.05) is 51.1 Å². The summed E-state index contributed by atoms with van der Waals surface area (Å²) in [5.41, 5.74) is 3.16. The molecule has 0 bridgehead atoms. The van der Waals surface area contributed by atoms with Crippen LogP contribution in [0.5, 0.6) is 0 Å². The molecule has 0 amide bonds. The summed E-state index contributed by atoms with van der Waals surface area (Å²) < 4.78 is 14.4. The molecule has 1 unspecified atom stereocenters. The molecule has 3 aromatic rings. The van der Waals surface area contributed by atoms with Crippen LogP contribution in [0.2, 0.25) is 0 Å². The number of nitrogens with one attached hydrogen (secondary N) is 1. The van der Waals surface area contributed by atoms with E-state index in [2.05, 4.69) is 43.8 Å². The number of thiophene rings is 1. The molecule has 1 N–H and O–H groups in total. The first-order valence-electron chi connectivity index (χ1n) is 9.37. The Morgan fingerprint density at radius 1 is 1.04 bits per heavy atom. The summed E-state index contributed by atoms with van der Waals surface area (Å²) in [5.74, 6) is -0.214. The Morgan fingerprint density at radius 2 is 1.68 bits per heavy atom. The molecule has 28 heavy (non-hydrogen) atoms. The van der Waals surface area contributed by atoms with E-state index in [0.29, 0.717) is 0 Å². The van der Waals surface area contributed by atoms with E-state index in [9.17, 15) is 4.39 Å². The van der Waals surface area contributed by atoms with E-state index >= 15 is 0 Å². The first kappa shape index (κ1) is 23.4. The molecule has 3 rings (SSSR count). The van der Waals surface area contributed by atoms with Crippen molar-refractivity contribution in [3.63, 3.8) is 0 Å². The normalized spacial score (nSPS) is 10.7. The second-order valence-corrected chi connectivity index (χ2v) is 7.09. The van der Waals surface area contributed by atoms with Crippen molar-refractivity contribution in [3.8, 4) is 0 Å². The van der Waals surface area contributed by atoms with Gasteiger partial charge in [0.05, 0.1) is 10.9 Å². The third-order valence-electron chi connectivity index (χ3n) is 4.00. The topological polar surface area (TPSA) is 12.0 Å². The fourth-order valence-corrected chi connectivity index (χ4v) is 3.62. The van der Waals surface area contributed by atoms with Crippen LogP contribution in [-0.4, -0.2) is 6.04 Å². The van der Waals surface area contributed by atoms with Gasteiger partial charge in [0.15, 0.2) is 0 Å². The van der Waals surface area contributed by atoms with Crippen LogP contribution in [0.3, 0.4) is 0 Å². The summed E-state index contributed by atoms with van der Waals surface area (Å²) in [7, 11) is 0. The molecule has 0 saturated heterocycles. The van der Waals surface area contributed by atoms with Gasteiger partial charge in [-0.05, 0) is 48.6 Å². The van der Waals surface area contributed by atoms with Crippen molar-refractivity contribution in [2.75, 3.05) is 0 Å². The van der Waals surface area contributed by atoms with Gasteiger partial charge in [-0.3, -0.25) is 0 Å². The maximum Gasteiger partial charge on any atom is 0.123 e. The highest BCUT2D eigenvalue weighted by molar-refractivity contribution is 7.20. The molecule has 0 saturated carbocycles. The fraction of sp³-hybridized carbons (Fsp3) is 0.200. The van der Waals surface area contributed by atoms with Gasteiger partial charge in [-0.1, -0.05) is 62.9 Å². The van der Waals surface area contributed by atoms with Crippen molar-refractivity contribution in [2.45, 2.75) is 33.2 Å². The second-order valence-electron chi connectivity index (χ2n) is 6.00. The molecule has 148 valence electrons. The number of hydrogen-bond acceptors (Lipinski definition) is 2. The molecule has 1 nitrogen and oxygen atoms in total. The van der Waals surface area contributed by atoms with Crippen LogP contribution in [0, 0.1) is 5.82 Å². The minimum absolute atomic E-state index is 0.113. The van der Waals surface area contributed by atoms with Crippen LogP contribution in [0.25, 0.3) is 15.8 Å². The molecule has 1 heterocycles. The van der Waals surface area contributed by atoms with Crippen LogP contribution >= 0.6 is 11.3 Å². The van der Waals surface area contributed by atoms with Crippen molar-refractivity contribution < 1.29 is 4.39 Å². The van der Waals surface area contributed by atoms with Crippen molar-refractivity contribution >= 4 is 27.1 Å². The number of rotatable bonds is 6. The number of fused-ring (bicyclic) bond motifs is 1. The van der Waals surface area contributed by atoms with E-state index in [1.54, 1.807) is 17.4 Å². The van der Waals surface area contributed by atoms with Crippen molar-refractivity contribution in [1.29, 1.82) is 0 Å². The molecule has 1 aromatic heterocycles. The highest BCUT2D eigenvalue weighted by Gasteiger charge is 2.13. The van der Waals surface area contributed by atoms with Gasteiger partial charge in [0.25, 0.3) is 0 Å². The van der Waals surface area contributed by atoms with Gasteiger partial charge in [0.1, 0.15) is 5.82 Å². The molecule has 0 fully saturated rings. The SMILES string of the molecule is C=C.C=C(NC(Cc1ccccc1)C(=C)C)c1cc2cc(F)ccc2s1.CC. The second kappa shape index (κ2) is 11.9. The molecule has 0 radical (unpaired) electrons. The lowest BCUT2D eigenvalue weighted by molar-refractivity contribution is 0.630. The third-order valence-corrected chi connectivity index (χ3v) is 5.18. The lowest BCUT2D eigenvalue weighted by atomic mass is 10.0. The quantitative estimate of drug-likeness (QED) is 0.423. The van der Waals surface area contributed by atoms with E-state index < -0.39 is 0 Å². The number of halogens is 1. The summed E-state index contributed by atoms with van der Waals surface area (Å²) >= 11 is 1.62. The molecule has 3 heteroatoms. The molecule has 0 aliphatic heterocycles. The summed E-state index contributed by atoms with van der Waals surface area (Å²) in [4.78, 5) is 1.02. The Balaban J connectivity index is 0.000000921. The van der Waals surface area contributed by atoms with E-state index in [0.717, 1.165) is 32.7 Å². The molecular weight excluding hydrogens is 365 g/mol. The fourth-order valence-electron chi connectivity index (χ4n) is 2.64. The van der Waals surface area contributed by atoms with E-state index in [4.69, 9.17) is 0 Å². The molecule has 0 spiro atoms. The number of benzene rings is 2. The molecule has 0 aliphatic rings. The van der Waals surface area contributed by atoms with Crippen LogP contribution in [0.1, 0.15) is 31.2 Å². The summed E-state index contributed by atoms with van der Waals surface area (Å²) in [6.45, 7) is 20.3. The first-order chi connectivity index (χ1) is 13.5. The summed E-state index contributed by atoms with van der Waals surface area (Å²) in [6.07, 6.45) is 0.856. The van der Waals surface area contributed by atoms with E-state index in [-0.39, 0.29) is 11.9 Å². The Kier molecular flexibility index (Phi) is 9.97. The standard InChI is InChI=1S/C21H20FNS.C2H6.C2H4/c1-14(2)19(11-16-7-5-4-6-8-16)23-15(3)21-13-17-12-18(22)9-10-20(17)24-21;2*1-2/h4-10,12-13,19,23H,1,3,11H2,2H3;1-2H3;1-2H2. The predicted molar refractivity (Wildman–Crippen MR) is 125 cm³/mol. The highest BCUT2D eigenvalue weighted by atomic mass is 32.1. The van der Waals surface area contributed by atoms with E-state index in [1.165, 1.54) is 11.6 Å². The van der Waals surface area contributed by atoms with Crippen molar-refractivity contribution in [1.82, 2.24) is 5.32 Å². The Hall–Kier alpha value is -2.65. The molecule has 1 atom stereocenters. The lowest BCUT2D eigenvalue weighted by Gasteiger charge is -2.21. The smallest absolute Gasteiger partial charge is 0.123 e. The van der Waals surface area contributed by atoms with Gasteiger partial charge in [-0.2, -0.15) is 0 Å². The largest absolute Gasteiger partial charge is 0.378 e. The monoisotopic (exact) mass is 395 g/mol. The van der Waals surface area contributed by atoms with Gasteiger partial charge in [-0.15, -0.1) is 24.5 Å². The first-order valence-corrected chi connectivity index (χ1v) is 10.2. The molecule has 0 aliphatic carbocycles. The maximum absolute atomic E-state index is 13.4. The van der Waals surface area contributed by atoms with Gasteiger partial charge in [-0.25, -0.2) is 4.39 Å². The minimum atomic E-state index is -0.214. The van der Waals surface area contributed by atoms with Gasteiger partial charge in [0, 0.05) is 10.4 Å². The van der Waals surface area contributed by atoms with Crippen LogP contribution in [-0.2, 0) is 6.42 Å². The molecular formula is C25H30FNS. The highest BCUT2D eigenvalue weighted by Crippen LogP contribution is 2.30. The zero-order valence-electron chi connectivity index (χ0n) is 17.1. The summed E-state index contributed by atoms with van der Waals surface area (Å²) in [6, 6.07) is 17.3. The van der Waals surface area contributed by atoms with Gasteiger partial charge < -0.3 is 5.32 Å². The van der Waals surface area contributed by atoms with Gasteiger partial charge in [0.2, 0.25) is 0 Å². The summed E-state index contributed by atoms with van der Waals surface area (Å²) in [5, 5.41) is 4.39. The average molecular weight is 396 g/mol. The molecule has 2 aromatic carbocycles. The third kappa shape index (κ3) is 6.50.